The van der Waals surface area contributed by atoms with E-state index in [1.807, 2.05) is 0 Å². The third-order valence-corrected chi connectivity index (χ3v) is 5.19. The highest BCUT2D eigenvalue weighted by molar-refractivity contribution is 7.91. The second kappa shape index (κ2) is 5.27. The SMILES string of the molecule is O=C(N[C@H]1CCS(=O)(=O)C1)N1CC=C(C(F)(F)F)CC1. The molecule has 0 bridgehead atoms. The summed E-state index contributed by atoms with van der Waals surface area (Å²) in [5.74, 6) is -0.0632. The fourth-order valence-corrected chi connectivity index (χ4v) is 3.96. The number of amides is 2. The van der Waals surface area contributed by atoms with Crippen molar-refractivity contribution in [2.75, 3.05) is 24.6 Å². The van der Waals surface area contributed by atoms with Crippen LogP contribution in [0.25, 0.3) is 0 Å². The van der Waals surface area contributed by atoms with E-state index >= 15 is 0 Å². The van der Waals surface area contributed by atoms with Gasteiger partial charge in [-0.25, -0.2) is 13.2 Å². The van der Waals surface area contributed by atoms with Crippen LogP contribution < -0.4 is 5.32 Å². The molecule has 2 aliphatic heterocycles. The van der Waals surface area contributed by atoms with Crippen LogP contribution in [-0.4, -0.2) is 56.2 Å². The highest BCUT2D eigenvalue weighted by Crippen LogP contribution is 2.30. The van der Waals surface area contributed by atoms with Gasteiger partial charge in [-0.1, -0.05) is 6.08 Å². The lowest BCUT2D eigenvalue weighted by Gasteiger charge is -2.28. The van der Waals surface area contributed by atoms with Gasteiger partial charge < -0.3 is 10.2 Å². The molecule has 2 rings (SSSR count). The molecule has 0 saturated carbocycles. The second-order valence-corrected chi connectivity index (χ2v) is 7.20. The Kier molecular flexibility index (Phi) is 3.99. The van der Waals surface area contributed by atoms with Gasteiger partial charge in [0.1, 0.15) is 0 Å². The van der Waals surface area contributed by atoms with Gasteiger partial charge in [0, 0.05) is 24.7 Å². The normalized spacial score (nSPS) is 26.2. The van der Waals surface area contributed by atoms with Crippen LogP contribution in [0.3, 0.4) is 0 Å². The van der Waals surface area contributed by atoms with Crippen LogP contribution in [0.2, 0.25) is 0 Å². The Bertz CT molecular complexity index is 528. The first-order chi connectivity index (χ1) is 9.17. The Balaban J connectivity index is 1.88. The molecule has 5 nitrogen and oxygen atoms in total. The molecule has 0 aromatic rings. The molecule has 0 spiro atoms. The van der Waals surface area contributed by atoms with Crippen LogP contribution in [-0.2, 0) is 9.84 Å². The molecule has 114 valence electrons. The summed E-state index contributed by atoms with van der Waals surface area (Å²) < 4.78 is 59.8. The van der Waals surface area contributed by atoms with Gasteiger partial charge in [0.15, 0.2) is 9.84 Å². The third-order valence-electron chi connectivity index (χ3n) is 3.42. The van der Waals surface area contributed by atoms with Crippen LogP contribution in [0.5, 0.6) is 0 Å². The first kappa shape index (κ1) is 15.1. The van der Waals surface area contributed by atoms with E-state index in [-0.39, 0.29) is 31.0 Å². The molecule has 1 fully saturated rings. The molecule has 1 saturated heterocycles. The smallest absolute Gasteiger partial charge is 0.334 e. The minimum Gasteiger partial charge on any atom is -0.334 e. The predicted octanol–water partition coefficient (Wildman–Crippen LogP) is 1.08. The molecule has 0 aromatic heterocycles. The molecular formula is C11H15F3N2O3S. The Morgan fingerprint density at radius 1 is 1.40 bits per heavy atom. The van der Waals surface area contributed by atoms with E-state index in [1.165, 1.54) is 4.90 Å². The number of nitrogens with zero attached hydrogens (tertiary/aromatic N) is 1. The standard InChI is InChI=1S/C11H15F3N2O3S/c12-11(13,14)8-1-4-16(5-2-8)10(17)15-9-3-6-20(18,19)7-9/h1,9H,2-7H2,(H,15,17)/t9-/m0/s1. The van der Waals surface area contributed by atoms with Crippen molar-refractivity contribution in [3.63, 3.8) is 0 Å². The van der Waals surface area contributed by atoms with Gasteiger partial charge in [0.2, 0.25) is 0 Å². The monoisotopic (exact) mass is 312 g/mol. The van der Waals surface area contributed by atoms with E-state index < -0.39 is 33.7 Å². The van der Waals surface area contributed by atoms with Gasteiger partial charge in [0.25, 0.3) is 0 Å². The molecule has 0 radical (unpaired) electrons. The molecule has 0 aliphatic carbocycles. The molecule has 1 N–H and O–H groups in total. The Hall–Kier alpha value is -1.25. The number of rotatable bonds is 1. The maximum atomic E-state index is 12.4. The lowest BCUT2D eigenvalue weighted by Crippen LogP contribution is -2.47. The highest BCUT2D eigenvalue weighted by Gasteiger charge is 2.36. The highest BCUT2D eigenvalue weighted by atomic mass is 32.2. The van der Waals surface area contributed by atoms with Crippen molar-refractivity contribution < 1.29 is 26.4 Å². The number of hydrogen-bond donors (Lipinski definition) is 1. The van der Waals surface area contributed by atoms with Crippen molar-refractivity contribution in [3.05, 3.63) is 11.6 Å². The van der Waals surface area contributed by atoms with E-state index in [0.717, 1.165) is 6.08 Å². The number of carbonyl (C=O) groups excluding carboxylic acids is 1. The largest absolute Gasteiger partial charge is 0.412 e. The molecule has 2 heterocycles. The van der Waals surface area contributed by atoms with Crippen LogP contribution in [0.4, 0.5) is 18.0 Å². The first-order valence-electron chi connectivity index (χ1n) is 6.19. The number of urea groups is 1. The van der Waals surface area contributed by atoms with Gasteiger partial charge in [-0.3, -0.25) is 0 Å². The van der Waals surface area contributed by atoms with Crippen LogP contribution >= 0.6 is 0 Å². The molecule has 9 heteroatoms. The Morgan fingerprint density at radius 2 is 2.10 bits per heavy atom. The summed E-state index contributed by atoms with van der Waals surface area (Å²) in [7, 11) is -3.09. The predicted molar refractivity (Wildman–Crippen MR) is 65.9 cm³/mol. The van der Waals surface area contributed by atoms with Crippen LogP contribution in [0.1, 0.15) is 12.8 Å². The summed E-state index contributed by atoms with van der Waals surface area (Å²) in [6, 6.07) is -0.954. The van der Waals surface area contributed by atoms with E-state index in [2.05, 4.69) is 5.32 Å². The lowest BCUT2D eigenvalue weighted by molar-refractivity contribution is -0.0956. The van der Waals surface area contributed by atoms with Crippen molar-refractivity contribution in [3.8, 4) is 0 Å². The summed E-state index contributed by atoms with van der Waals surface area (Å²) in [5, 5.41) is 2.56. The average molecular weight is 312 g/mol. The van der Waals surface area contributed by atoms with Crippen LogP contribution in [0, 0.1) is 0 Å². The minimum absolute atomic E-state index is 0.0172. The topological polar surface area (TPSA) is 66.5 Å². The molecule has 0 unspecified atom stereocenters. The number of nitrogens with one attached hydrogen (secondary N) is 1. The van der Waals surface area contributed by atoms with E-state index in [4.69, 9.17) is 0 Å². The Labute approximate surface area is 114 Å². The minimum atomic E-state index is -4.35. The number of sulfone groups is 1. The lowest BCUT2D eigenvalue weighted by atomic mass is 10.1. The third kappa shape index (κ3) is 3.65. The first-order valence-corrected chi connectivity index (χ1v) is 8.01. The van der Waals surface area contributed by atoms with Crippen molar-refractivity contribution in [2.24, 2.45) is 0 Å². The molecule has 0 aromatic carbocycles. The summed E-state index contributed by atoms with van der Waals surface area (Å²) in [6.45, 7) is -0.128. The average Bonchev–Trinajstić information content (AvgIpc) is 2.67. The van der Waals surface area contributed by atoms with Crippen molar-refractivity contribution in [1.82, 2.24) is 10.2 Å². The maximum absolute atomic E-state index is 12.4. The zero-order chi connectivity index (χ0) is 15.0. The van der Waals surface area contributed by atoms with Crippen molar-refractivity contribution in [1.29, 1.82) is 0 Å². The second-order valence-electron chi connectivity index (χ2n) is 4.97. The molecule has 2 aliphatic rings. The van der Waals surface area contributed by atoms with Crippen molar-refractivity contribution >= 4 is 15.9 Å². The van der Waals surface area contributed by atoms with Gasteiger partial charge in [-0.05, 0) is 12.8 Å². The van der Waals surface area contributed by atoms with E-state index in [9.17, 15) is 26.4 Å². The van der Waals surface area contributed by atoms with Gasteiger partial charge in [0.05, 0.1) is 11.5 Å². The van der Waals surface area contributed by atoms with E-state index in [0.29, 0.717) is 6.42 Å². The summed E-state index contributed by atoms with van der Waals surface area (Å²) >= 11 is 0. The van der Waals surface area contributed by atoms with Crippen LogP contribution in [0.15, 0.2) is 11.6 Å². The maximum Gasteiger partial charge on any atom is 0.412 e. The number of carbonyl (C=O) groups is 1. The van der Waals surface area contributed by atoms with Gasteiger partial charge in [-0.15, -0.1) is 0 Å². The quantitative estimate of drug-likeness (QED) is 0.737. The van der Waals surface area contributed by atoms with Gasteiger partial charge >= 0.3 is 12.2 Å². The fourth-order valence-electron chi connectivity index (χ4n) is 2.29. The Morgan fingerprint density at radius 3 is 2.55 bits per heavy atom. The zero-order valence-corrected chi connectivity index (χ0v) is 11.4. The fraction of sp³-hybridized carbons (Fsp3) is 0.727. The zero-order valence-electron chi connectivity index (χ0n) is 10.6. The number of hydrogen-bond acceptors (Lipinski definition) is 3. The summed E-state index contributed by atoms with van der Waals surface area (Å²) in [5.41, 5.74) is -0.620. The number of alkyl halides is 3. The number of halogens is 3. The molecule has 2 amide bonds. The summed E-state index contributed by atoms with van der Waals surface area (Å²) in [6.07, 6.45) is -3.23. The van der Waals surface area contributed by atoms with Crippen molar-refractivity contribution in [2.45, 2.75) is 25.1 Å². The van der Waals surface area contributed by atoms with E-state index in [1.54, 1.807) is 0 Å². The van der Waals surface area contributed by atoms with Gasteiger partial charge in [-0.2, -0.15) is 13.2 Å². The molecule has 1 atom stereocenters. The summed E-state index contributed by atoms with van der Waals surface area (Å²) in [4.78, 5) is 13.1. The molecular weight excluding hydrogens is 297 g/mol. The molecule has 20 heavy (non-hydrogen) atoms.